The summed E-state index contributed by atoms with van der Waals surface area (Å²) in [5.74, 6) is 1.80. The van der Waals surface area contributed by atoms with E-state index in [0.717, 1.165) is 35.9 Å². The summed E-state index contributed by atoms with van der Waals surface area (Å²) < 4.78 is 2.21. The Balaban J connectivity index is 1.63. The van der Waals surface area contributed by atoms with Crippen molar-refractivity contribution in [3.63, 3.8) is 0 Å². The fourth-order valence-electron chi connectivity index (χ4n) is 3.45. The predicted octanol–water partition coefficient (Wildman–Crippen LogP) is 2.97. The minimum absolute atomic E-state index is 0.0897. The van der Waals surface area contributed by atoms with Crippen LogP contribution in [0.4, 0.5) is 0 Å². The first kappa shape index (κ1) is 17.0. The topological polar surface area (TPSA) is 50.2 Å². The number of carbonyl (C=O) groups excluding carboxylic acids is 1. The normalized spacial score (nSPS) is 16.8. The van der Waals surface area contributed by atoms with Gasteiger partial charge in [-0.3, -0.25) is 9.69 Å². The van der Waals surface area contributed by atoms with Gasteiger partial charge in [-0.25, -0.2) is 4.98 Å². The number of carbonyl (C=O) groups is 1. The first-order valence-corrected chi connectivity index (χ1v) is 8.99. The van der Waals surface area contributed by atoms with Gasteiger partial charge in [0, 0.05) is 6.04 Å². The van der Waals surface area contributed by atoms with E-state index in [1.807, 2.05) is 18.2 Å². The highest BCUT2D eigenvalue weighted by Crippen LogP contribution is 2.21. The lowest BCUT2D eigenvalue weighted by molar-refractivity contribution is -0.122. The molecule has 0 saturated carbocycles. The molecule has 0 atom stereocenters. The van der Waals surface area contributed by atoms with Crippen LogP contribution in [-0.4, -0.2) is 40.0 Å². The van der Waals surface area contributed by atoms with Gasteiger partial charge in [0.25, 0.3) is 0 Å². The zero-order valence-electron chi connectivity index (χ0n) is 15.0. The average molecular weight is 328 g/mol. The van der Waals surface area contributed by atoms with Crippen LogP contribution in [0.15, 0.2) is 24.3 Å². The van der Waals surface area contributed by atoms with Crippen LogP contribution in [0.3, 0.4) is 0 Å². The number of rotatable bonds is 5. The van der Waals surface area contributed by atoms with E-state index in [1.54, 1.807) is 0 Å². The maximum Gasteiger partial charge on any atom is 0.234 e. The molecule has 0 spiro atoms. The molecular formula is C19H28N4O. The van der Waals surface area contributed by atoms with E-state index in [1.165, 1.54) is 12.8 Å². The number of imidazole rings is 1. The number of aromatic nitrogens is 2. The number of para-hydroxylation sites is 2. The lowest BCUT2D eigenvalue weighted by Gasteiger charge is -2.29. The first-order chi connectivity index (χ1) is 11.5. The van der Waals surface area contributed by atoms with E-state index in [9.17, 15) is 4.79 Å². The molecule has 0 radical (unpaired) electrons. The molecule has 0 aliphatic carbocycles. The van der Waals surface area contributed by atoms with E-state index in [2.05, 4.69) is 41.6 Å². The van der Waals surface area contributed by atoms with Crippen LogP contribution in [0.5, 0.6) is 0 Å². The van der Waals surface area contributed by atoms with Gasteiger partial charge in [0.05, 0.1) is 24.1 Å². The summed E-state index contributed by atoms with van der Waals surface area (Å²) in [4.78, 5) is 19.2. The Morgan fingerprint density at radius 2 is 2.00 bits per heavy atom. The number of nitrogens with one attached hydrogen (secondary N) is 1. The lowest BCUT2D eigenvalue weighted by Crippen LogP contribution is -2.41. The van der Waals surface area contributed by atoms with E-state index in [0.29, 0.717) is 19.1 Å². The summed E-state index contributed by atoms with van der Waals surface area (Å²) >= 11 is 0. The molecule has 2 aromatic rings. The SMILES string of the molecule is CC1CCN(CC(=O)NCc2nc3ccccc3n2C(C)C)CC1. The van der Waals surface area contributed by atoms with Crippen molar-refractivity contribution in [3.05, 3.63) is 30.1 Å². The van der Waals surface area contributed by atoms with Gasteiger partial charge in [0.1, 0.15) is 5.82 Å². The summed E-state index contributed by atoms with van der Waals surface area (Å²) in [6, 6.07) is 8.45. The monoisotopic (exact) mass is 328 g/mol. The number of fused-ring (bicyclic) bond motifs is 1. The molecule has 0 unspecified atom stereocenters. The van der Waals surface area contributed by atoms with Crippen molar-refractivity contribution < 1.29 is 4.79 Å². The van der Waals surface area contributed by atoms with Crippen molar-refractivity contribution in [1.82, 2.24) is 19.8 Å². The second kappa shape index (κ2) is 7.34. The number of nitrogens with zero attached hydrogens (tertiary/aromatic N) is 3. The van der Waals surface area contributed by atoms with E-state index in [-0.39, 0.29) is 5.91 Å². The molecule has 1 aliphatic heterocycles. The summed E-state index contributed by atoms with van der Waals surface area (Å²) in [5.41, 5.74) is 2.11. The van der Waals surface area contributed by atoms with Gasteiger partial charge < -0.3 is 9.88 Å². The number of piperidine rings is 1. The van der Waals surface area contributed by atoms with Crippen LogP contribution in [-0.2, 0) is 11.3 Å². The molecule has 3 rings (SSSR count). The highest BCUT2D eigenvalue weighted by molar-refractivity contribution is 5.78. The predicted molar refractivity (Wildman–Crippen MR) is 96.8 cm³/mol. The lowest BCUT2D eigenvalue weighted by atomic mass is 9.99. The molecule has 1 aliphatic rings. The van der Waals surface area contributed by atoms with Crippen LogP contribution >= 0.6 is 0 Å². The smallest absolute Gasteiger partial charge is 0.234 e. The van der Waals surface area contributed by atoms with Crippen molar-refractivity contribution in [2.24, 2.45) is 5.92 Å². The summed E-state index contributed by atoms with van der Waals surface area (Å²) in [6.45, 7) is 9.61. The molecule has 1 amide bonds. The average Bonchev–Trinajstić information content (AvgIpc) is 2.93. The number of benzene rings is 1. The van der Waals surface area contributed by atoms with Gasteiger partial charge in [0.2, 0.25) is 5.91 Å². The third-order valence-electron chi connectivity index (χ3n) is 4.87. The molecule has 1 N–H and O–H groups in total. The van der Waals surface area contributed by atoms with Crippen LogP contribution in [0.1, 0.15) is 45.5 Å². The van der Waals surface area contributed by atoms with Gasteiger partial charge in [0.15, 0.2) is 0 Å². The summed E-state index contributed by atoms with van der Waals surface area (Å²) in [5, 5.41) is 3.05. The summed E-state index contributed by atoms with van der Waals surface area (Å²) in [6.07, 6.45) is 2.38. The van der Waals surface area contributed by atoms with Crippen molar-refractivity contribution >= 4 is 16.9 Å². The molecule has 1 aromatic carbocycles. The number of likely N-dealkylation sites (tertiary alicyclic amines) is 1. The minimum Gasteiger partial charge on any atom is -0.348 e. The van der Waals surface area contributed by atoms with Gasteiger partial charge in [-0.15, -0.1) is 0 Å². The van der Waals surface area contributed by atoms with Crippen molar-refractivity contribution in [1.29, 1.82) is 0 Å². The second-order valence-electron chi connectivity index (χ2n) is 7.22. The Kier molecular flexibility index (Phi) is 5.19. The van der Waals surface area contributed by atoms with Crippen molar-refractivity contribution in [2.45, 2.75) is 46.2 Å². The summed E-state index contributed by atoms with van der Waals surface area (Å²) in [7, 11) is 0. The van der Waals surface area contributed by atoms with Gasteiger partial charge >= 0.3 is 0 Å². The van der Waals surface area contributed by atoms with Crippen molar-refractivity contribution in [3.8, 4) is 0 Å². The third-order valence-corrected chi connectivity index (χ3v) is 4.87. The second-order valence-corrected chi connectivity index (χ2v) is 7.22. The van der Waals surface area contributed by atoms with Gasteiger partial charge in [-0.05, 0) is 57.8 Å². The van der Waals surface area contributed by atoms with Crippen LogP contribution < -0.4 is 5.32 Å². The van der Waals surface area contributed by atoms with E-state index in [4.69, 9.17) is 4.98 Å². The van der Waals surface area contributed by atoms with Gasteiger partial charge in [-0.2, -0.15) is 0 Å². The molecule has 1 saturated heterocycles. The first-order valence-electron chi connectivity index (χ1n) is 8.99. The van der Waals surface area contributed by atoms with E-state index < -0.39 is 0 Å². The Bertz CT molecular complexity index is 698. The van der Waals surface area contributed by atoms with E-state index >= 15 is 0 Å². The molecule has 5 nitrogen and oxygen atoms in total. The van der Waals surface area contributed by atoms with Crippen LogP contribution in [0, 0.1) is 5.92 Å². The standard InChI is InChI=1S/C19H28N4O/c1-14(2)23-17-7-5-4-6-16(17)21-18(23)12-20-19(24)13-22-10-8-15(3)9-11-22/h4-7,14-15H,8-13H2,1-3H3,(H,20,24). The number of amides is 1. The van der Waals surface area contributed by atoms with Crippen molar-refractivity contribution in [2.75, 3.05) is 19.6 Å². The van der Waals surface area contributed by atoms with Gasteiger partial charge in [-0.1, -0.05) is 19.1 Å². The highest BCUT2D eigenvalue weighted by Gasteiger charge is 2.18. The third kappa shape index (κ3) is 3.78. The molecule has 5 heteroatoms. The largest absolute Gasteiger partial charge is 0.348 e. The maximum absolute atomic E-state index is 12.3. The Morgan fingerprint density at radius 1 is 1.29 bits per heavy atom. The fourth-order valence-corrected chi connectivity index (χ4v) is 3.45. The Hall–Kier alpha value is -1.88. The zero-order valence-corrected chi connectivity index (χ0v) is 15.0. The Labute approximate surface area is 144 Å². The zero-order chi connectivity index (χ0) is 17.1. The quantitative estimate of drug-likeness (QED) is 0.918. The van der Waals surface area contributed by atoms with Crippen LogP contribution in [0.25, 0.3) is 11.0 Å². The van der Waals surface area contributed by atoms with Crippen LogP contribution in [0.2, 0.25) is 0 Å². The molecule has 1 fully saturated rings. The molecule has 24 heavy (non-hydrogen) atoms. The molecule has 130 valence electrons. The maximum atomic E-state index is 12.3. The minimum atomic E-state index is 0.0897. The highest BCUT2D eigenvalue weighted by atomic mass is 16.2. The molecular weight excluding hydrogens is 300 g/mol. The molecule has 1 aromatic heterocycles. The number of hydrogen-bond donors (Lipinski definition) is 1. The number of hydrogen-bond acceptors (Lipinski definition) is 3. The fraction of sp³-hybridized carbons (Fsp3) is 0.579. The molecule has 0 bridgehead atoms. The molecule has 2 heterocycles. The Morgan fingerprint density at radius 3 is 2.71 bits per heavy atom.